The molecular formula is C22H18FN3O3S3. The lowest BCUT2D eigenvalue weighted by molar-refractivity contribution is -0.123. The molecule has 0 unspecified atom stereocenters. The van der Waals surface area contributed by atoms with Gasteiger partial charge in [-0.05, 0) is 36.0 Å². The maximum Gasteiger partial charge on any atom is 0.293 e. The van der Waals surface area contributed by atoms with Crippen molar-refractivity contribution in [1.29, 1.82) is 0 Å². The van der Waals surface area contributed by atoms with E-state index in [1.54, 1.807) is 23.5 Å². The van der Waals surface area contributed by atoms with Crippen LogP contribution < -0.4 is 5.32 Å². The summed E-state index contributed by atoms with van der Waals surface area (Å²) in [6.45, 7) is 0.221. The third-order valence-corrected chi connectivity index (χ3v) is 7.59. The average molecular weight is 488 g/mol. The lowest BCUT2D eigenvalue weighted by Crippen LogP contribution is -2.37. The highest BCUT2D eigenvalue weighted by molar-refractivity contribution is 8.18. The number of rotatable bonds is 8. The molecule has 2 heterocycles. The molecule has 6 nitrogen and oxygen atoms in total. The molecule has 0 radical (unpaired) electrons. The molecule has 164 valence electrons. The number of thiazole rings is 1. The fraction of sp³-hybridized carbons (Fsp3) is 0.182. The average Bonchev–Trinajstić information content (AvgIpc) is 3.30. The largest absolute Gasteiger partial charge is 0.354 e. The highest BCUT2D eigenvalue weighted by atomic mass is 32.2. The SMILES string of the molecule is O=C(CSCc1nc2ccccc2s1)NCCN1C(=O)S/C(=C\c2ccccc2F)C1=O. The molecule has 1 fully saturated rings. The first-order chi connectivity index (χ1) is 15.5. The molecule has 1 aliphatic rings. The predicted octanol–water partition coefficient (Wildman–Crippen LogP) is 4.52. The molecule has 2 aromatic carbocycles. The van der Waals surface area contributed by atoms with Crippen LogP contribution in [0.15, 0.2) is 53.4 Å². The van der Waals surface area contributed by atoms with Crippen LogP contribution >= 0.6 is 34.9 Å². The highest BCUT2D eigenvalue weighted by Crippen LogP contribution is 2.32. The Morgan fingerprint density at radius 1 is 1.16 bits per heavy atom. The van der Waals surface area contributed by atoms with Gasteiger partial charge in [0.25, 0.3) is 11.1 Å². The minimum Gasteiger partial charge on any atom is -0.354 e. The Kier molecular flexibility index (Phi) is 7.23. The van der Waals surface area contributed by atoms with Crippen LogP contribution in [0.25, 0.3) is 16.3 Å². The van der Waals surface area contributed by atoms with Crippen molar-refractivity contribution in [2.24, 2.45) is 0 Å². The number of halogens is 1. The molecule has 0 aliphatic carbocycles. The summed E-state index contributed by atoms with van der Waals surface area (Å²) >= 11 is 3.83. The summed E-state index contributed by atoms with van der Waals surface area (Å²) in [5.74, 6) is -0.232. The monoisotopic (exact) mass is 487 g/mol. The smallest absolute Gasteiger partial charge is 0.293 e. The number of hydrogen-bond acceptors (Lipinski definition) is 7. The molecule has 0 spiro atoms. The Balaban J connectivity index is 1.22. The summed E-state index contributed by atoms with van der Waals surface area (Å²) in [7, 11) is 0. The summed E-state index contributed by atoms with van der Waals surface area (Å²) in [6.07, 6.45) is 1.37. The fourth-order valence-electron chi connectivity index (χ4n) is 3.00. The van der Waals surface area contributed by atoms with E-state index in [-0.39, 0.29) is 35.2 Å². The van der Waals surface area contributed by atoms with Gasteiger partial charge >= 0.3 is 0 Å². The number of fused-ring (bicyclic) bond motifs is 1. The number of nitrogens with zero attached hydrogens (tertiary/aromatic N) is 2. The van der Waals surface area contributed by atoms with Crippen molar-refractivity contribution in [3.63, 3.8) is 0 Å². The lowest BCUT2D eigenvalue weighted by atomic mass is 10.2. The molecule has 3 aromatic rings. The lowest BCUT2D eigenvalue weighted by Gasteiger charge is -2.12. The third-order valence-electron chi connectivity index (χ3n) is 4.52. The molecule has 0 bridgehead atoms. The first-order valence-corrected chi connectivity index (χ1v) is 12.5. The Labute approximate surface area is 196 Å². The quantitative estimate of drug-likeness (QED) is 0.471. The zero-order chi connectivity index (χ0) is 22.5. The molecule has 1 aromatic heterocycles. The Morgan fingerprint density at radius 2 is 1.94 bits per heavy atom. The van der Waals surface area contributed by atoms with Crippen molar-refractivity contribution in [2.45, 2.75) is 5.75 Å². The number of carbonyl (C=O) groups excluding carboxylic acids is 3. The maximum atomic E-state index is 13.8. The first-order valence-electron chi connectivity index (χ1n) is 9.70. The van der Waals surface area contributed by atoms with Crippen LogP contribution in [0.4, 0.5) is 9.18 Å². The van der Waals surface area contributed by atoms with Crippen LogP contribution in [0.1, 0.15) is 10.6 Å². The standard InChI is InChI=1S/C22H18FN3O3S3/c23-15-6-2-1-5-14(15)11-18-21(28)26(22(29)32-18)10-9-24-19(27)12-30-13-20-25-16-7-3-4-8-17(16)31-20/h1-8,11H,9-10,12-13H2,(H,24,27)/b18-11-. The fourth-order valence-corrected chi connectivity index (χ4v) is 5.73. The number of hydrogen-bond donors (Lipinski definition) is 1. The summed E-state index contributed by atoms with van der Waals surface area (Å²) in [5, 5.41) is 3.25. The van der Waals surface area contributed by atoms with Gasteiger partial charge in [-0.25, -0.2) is 9.37 Å². The minimum atomic E-state index is -0.484. The maximum absolute atomic E-state index is 13.8. The molecule has 1 N–H and O–H groups in total. The Morgan fingerprint density at radius 3 is 2.75 bits per heavy atom. The molecule has 0 atom stereocenters. The Bertz CT molecular complexity index is 1180. The zero-order valence-corrected chi connectivity index (χ0v) is 19.2. The van der Waals surface area contributed by atoms with Crippen molar-refractivity contribution >= 4 is 68.2 Å². The van der Waals surface area contributed by atoms with Crippen LogP contribution in [0.3, 0.4) is 0 Å². The van der Waals surface area contributed by atoms with E-state index in [1.165, 1.54) is 30.0 Å². The van der Waals surface area contributed by atoms with E-state index in [0.29, 0.717) is 5.75 Å². The van der Waals surface area contributed by atoms with Gasteiger partial charge in [-0.1, -0.05) is 30.3 Å². The normalized spacial score (nSPS) is 15.2. The van der Waals surface area contributed by atoms with E-state index in [0.717, 1.165) is 31.9 Å². The van der Waals surface area contributed by atoms with Gasteiger partial charge < -0.3 is 5.32 Å². The van der Waals surface area contributed by atoms with Gasteiger partial charge in [0.1, 0.15) is 10.8 Å². The van der Waals surface area contributed by atoms with E-state index in [2.05, 4.69) is 10.3 Å². The van der Waals surface area contributed by atoms with Crippen LogP contribution in [-0.4, -0.2) is 45.8 Å². The van der Waals surface area contributed by atoms with Gasteiger partial charge in [0, 0.05) is 24.4 Å². The number of imide groups is 1. The predicted molar refractivity (Wildman–Crippen MR) is 128 cm³/mol. The van der Waals surface area contributed by atoms with E-state index in [1.807, 2.05) is 24.3 Å². The number of carbonyl (C=O) groups is 3. The molecule has 32 heavy (non-hydrogen) atoms. The summed E-state index contributed by atoms with van der Waals surface area (Å²) < 4.78 is 14.9. The first kappa shape index (κ1) is 22.5. The third kappa shape index (κ3) is 5.37. The summed E-state index contributed by atoms with van der Waals surface area (Å²) in [4.78, 5) is 42.5. The van der Waals surface area contributed by atoms with Crippen LogP contribution in [0, 0.1) is 5.82 Å². The van der Waals surface area contributed by atoms with Gasteiger partial charge in [-0.15, -0.1) is 23.1 Å². The van der Waals surface area contributed by atoms with Crippen molar-refractivity contribution in [3.8, 4) is 0 Å². The number of amides is 3. The van der Waals surface area contributed by atoms with Gasteiger partial charge in [-0.3, -0.25) is 19.3 Å². The second-order valence-corrected chi connectivity index (χ2v) is 9.87. The van der Waals surface area contributed by atoms with E-state index < -0.39 is 17.0 Å². The molecule has 10 heteroatoms. The zero-order valence-electron chi connectivity index (χ0n) is 16.7. The molecule has 4 rings (SSSR count). The van der Waals surface area contributed by atoms with Crippen molar-refractivity contribution in [2.75, 3.05) is 18.8 Å². The van der Waals surface area contributed by atoms with Crippen LogP contribution in [0.2, 0.25) is 0 Å². The number of nitrogens with one attached hydrogen (secondary N) is 1. The van der Waals surface area contributed by atoms with Gasteiger partial charge in [0.05, 0.1) is 20.9 Å². The molecule has 3 amide bonds. The number of benzene rings is 2. The Hall–Kier alpha value is -2.69. The van der Waals surface area contributed by atoms with Gasteiger partial charge in [0.15, 0.2) is 0 Å². The number of para-hydroxylation sites is 1. The van der Waals surface area contributed by atoms with Crippen molar-refractivity contribution in [1.82, 2.24) is 15.2 Å². The summed E-state index contributed by atoms with van der Waals surface area (Å²) in [5.41, 5.74) is 1.20. The van der Waals surface area contributed by atoms with Gasteiger partial charge in [0.2, 0.25) is 5.91 Å². The molecular weight excluding hydrogens is 469 g/mol. The van der Waals surface area contributed by atoms with E-state index >= 15 is 0 Å². The van der Waals surface area contributed by atoms with Gasteiger partial charge in [-0.2, -0.15) is 0 Å². The molecule has 1 saturated heterocycles. The van der Waals surface area contributed by atoms with Crippen LogP contribution in [0.5, 0.6) is 0 Å². The van der Waals surface area contributed by atoms with E-state index in [9.17, 15) is 18.8 Å². The molecule has 1 aliphatic heterocycles. The molecule has 0 saturated carbocycles. The second-order valence-electron chi connectivity index (χ2n) is 6.77. The van der Waals surface area contributed by atoms with E-state index in [4.69, 9.17) is 0 Å². The topological polar surface area (TPSA) is 79.4 Å². The van der Waals surface area contributed by atoms with Crippen molar-refractivity contribution < 1.29 is 18.8 Å². The number of thioether (sulfide) groups is 2. The van der Waals surface area contributed by atoms with Crippen LogP contribution in [-0.2, 0) is 15.3 Å². The van der Waals surface area contributed by atoms with Crippen molar-refractivity contribution in [3.05, 3.63) is 69.8 Å². The second kappa shape index (κ2) is 10.3. The summed E-state index contributed by atoms with van der Waals surface area (Å²) in [6, 6.07) is 13.9. The highest BCUT2D eigenvalue weighted by Gasteiger charge is 2.34. The number of aromatic nitrogens is 1. The minimum absolute atomic E-state index is 0.0631.